The molecule has 1 atom stereocenters. The van der Waals surface area contributed by atoms with Gasteiger partial charge in [-0.15, -0.1) is 5.10 Å². The summed E-state index contributed by atoms with van der Waals surface area (Å²) in [5.41, 5.74) is 0. The molecule has 6 heteroatoms. The summed E-state index contributed by atoms with van der Waals surface area (Å²) in [6, 6.07) is 0. The molecule has 94 valence electrons. The number of hydrogen-bond donors (Lipinski definition) is 1. The van der Waals surface area contributed by atoms with Gasteiger partial charge in [-0.3, -0.25) is 4.79 Å². The van der Waals surface area contributed by atoms with Crippen LogP contribution in [0.4, 0.5) is 0 Å². The van der Waals surface area contributed by atoms with Crippen LogP contribution in [-0.2, 0) is 11.3 Å². The minimum absolute atomic E-state index is 0.351. The summed E-state index contributed by atoms with van der Waals surface area (Å²) >= 11 is 0. The first-order valence-corrected chi connectivity index (χ1v) is 6.17. The van der Waals surface area contributed by atoms with Crippen LogP contribution in [-0.4, -0.2) is 31.3 Å². The van der Waals surface area contributed by atoms with Crippen molar-refractivity contribution in [1.29, 1.82) is 0 Å². The summed E-state index contributed by atoms with van der Waals surface area (Å²) in [5.74, 6) is 0.279. The zero-order valence-electron chi connectivity index (χ0n) is 10.0. The van der Waals surface area contributed by atoms with Crippen LogP contribution in [0.25, 0.3) is 0 Å². The Bertz CT molecular complexity index is 385. The third-order valence-corrected chi connectivity index (χ3v) is 3.48. The molecule has 1 aliphatic rings. The van der Waals surface area contributed by atoms with Crippen LogP contribution in [0.5, 0.6) is 0 Å². The molecule has 0 bridgehead atoms. The van der Waals surface area contributed by atoms with E-state index in [1.807, 2.05) is 0 Å². The van der Waals surface area contributed by atoms with Gasteiger partial charge in [0.15, 0.2) is 5.82 Å². The van der Waals surface area contributed by atoms with E-state index in [-0.39, 0.29) is 5.92 Å². The molecule has 6 nitrogen and oxygen atoms in total. The van der Waals surface area contributed by atoms with Gasteiger partial charge in [0.25, 0.3) is 0 Å². The van der Waals surface area contributed by atoms with Crippen LogP contribution in [0.15, 0.2) is 0 Å². The van der Waals surface area contributed by atoms with Gasteiger partial charge in [0.1, 0.15) is 0 Å². The molecule has 0 aliphatic heterocycles. The maximum absolute atomic E-state index is 10.7. The number of rotatable bonds is 5. The summed E-state index contributed by atoms with van der Waals surface area (Å²) in [6.45, 7) is 2.30. The Morgan fingerprint density at radius 3 is 2.88 bits per heavy atom. The highest BCUT2D eigenvalue weighted by molar-refractivity contribution is 5.69. The molecule has 17 heavy (non-hydrogen) atoms. The van der Waals surface area contributed by atoms with Gasteiger partial charge in [-0.1, -0.05) is 19.8 Å². The summed E-state index contributed by atoms with van der Waals surface area (Å²) in [7, 11) is 0. The molecule has 0 saturated heterocycles. The van der Waals surface area contributed by atoms with Gasteiger partial charge in [-0.25, -0.2) is 4.68 Å². The Kier molecular flexibility index (Phi) is 3.71. The SMILES string of the molecule is CC(CCn1nnnc1C1CCCC1)C(=O)O. The molecule has 1 aliphatic carbocycles. The van der Waals surface area contributed by atoms with Gasteiger partial charge in [0.2, 0.25) is 0 Å². The van der Waals surface area contributed by atoms with Crippen molar-refractivity contribution in [2.75, 3.05) is 0 Å². The smallest absolute Gasteiger partial charge is 0.306 e. The third-order valence-electron chi connectivity index (χ3n) is 3.48. The summed E-state index contributed by atoms with van der Waals surface area (Å²) in [6.07, 6.45) is 5.34. The van der Waals surface area contributed by atoms with Crippen LogP contribution in [0, 0.1) is 5.92 Å². The van der Waals surface area contributed by atoms with E-state index in [1.165, 1.54) is 12.8 Å². The highest BCUT2D eigenvalue weighted by Gasteiger charge is 2.23. The first-order valence-electron chi connectivity index (χ1n) is 6.17. The first kappa shape index (κ1) is 12.0. The van der Waals surface area contributed by atoms with Crippen molar-refractivity contribution in [3.63, 3.8) is 0 Å². The van der Waals surface area contributed by atoms with E-state index in [4.69, 9.17) is 5.11 Å². The predicted molar refractivity (Wildman–Crippen MR) is 60.4 cm³/mol. The number of carbonyl (C=O) groups is 1. The van der Waals surface area contributed by atoms with Crippen LogP contribution in [0.3, 0.4) is 0 Å². The minimum atomic E-state index is -0.763. The number of nitrogens with zero attached hydrogens (tertiary/aromatic N) is 4. The normalized spacial score (nSPS) is 18.4. The molecule has 2 rings (SSSR count). The standard InChI is InChI=1S/C11H18N4O2/c1-8(11(16)17)6-7-15-10(12-13-14-15)9-4-2-3-5-9/h8-9H,2-7H2,1H3,(H,16,17). The van der Waals surface area contributed by atoms with E-state index >= 15 is 0 Å². The Morgan fingerprint density at radius 1 is 1.53 bits per heavy atom. The molecule has 0 spiro atoms. The third kappa shape index (κ3) is 2.81. The average Bonchev–Trinajstić information content (AvgIpc) is 2.95. The average molecular weight is 238 g/mol. The molecule has 1 saturated carbocycles. The zero-order chi connectivity index (χ0) is 12.3. The Labute approximate surface area is 100 Å². The molecule has 1 aromatic rings. The number of aliphatic carboxylic acids is 1. The summed E-state index contributed by atoms with van der Waals surface area (Å²) in [4.78, 5) is 10.7. The van der Waals surface area contributed by atoms with Crippen molar-refractivity contribution in [1.82, 2.24) is 20.2 Å². The molecule has 0 amide bonds. The topological polar surface area (TPSA) is 80.9 Å². The van der Waals surface area contributed by atoms with Crippen molar-refractivity contribution in [3.8, 4) is 0 Å². The van der Waals surface area contributed by atoms with Crippen molar-refractivity contribution in [3.05, 3.63) is 5.82 Å². The van der Waals surface area contributed by atoms with Crippen LogP contribution in [0.2, 0.25) is 0 Å². The largest absolute Gasteiger partial charge is 0.481 e. The van der Waals surface area contributed by atoms with Gasteiger partial charge >= 0.3 is 5.97 Å². The second kappa shape index (κ2) is 5.25. The minimum Gasteiger partial charge on any atom is -0.481 e. The summed E-state index contributed by atoms with van der Waals surface area (Å²) < 4.78 is 1.77. The molecule has 1 aromatic heterocycles. The maximum atomic E-state index is 10.7. The van der Waals surface area contributed by atoms with Crippen LogP contribution < -0.4 is 0 Å². The van der Waals surface area contributed by atoms with Crippen LogP contribution in [0.1, 0.15) is 50.8 Å². The van der Waals surface area contributed by atoms with Gasteiger partial charge in [-0.2, -0.15) is 0 Å². The van der Waals surface area contributed by atoms with E-state index in [2.05, 4.69) is 15.5 Å². The van der Waals surface area contributed by atoms with Gasteiger partial charge in [0.05, 0.1) is 5.92 Å². The second-order valence-corrected chi connectivity index (χ2v) is 4.77. The van der Waals surface area contributed by atoms with E-state index in [0.717, 1.165) is 18.7 Å². The van der Waals surface area contributed by atoms with Crippen molar-refractivity contribution in [2.45, 2.75) is 51.5 Å². The maximum Gasteiger partial charge on any atom is 0.306 e. The molecule has 1 fully saturated rings. The molecular formula is C11H18N4O2. The number of tetrazole rings is 1. The Hall–Kier alpha value is -1.46. The monoisotopic (exact) mass is 238 g/mol. The van der Waals surface area contributed by atoms with E-state index in [9.17, 15) is 4.79 Å². The number of hydrogen-bond acceptors (Lipinski definition) is 4. The van der Waals surface area contributed by atoms with Gasteiger partial charge in [0, 0.05) is 12.5 Å². The highest BCUT2D eigenvalue weighted by atomic mass is 16.4. The highest BCUT2D eigenvalue weighted by Crippen LogP contribution is 2.32. The van der Waals surface area contributed by atoms with Crippen molar-refractivity contribution in [2.24, 2.45) is 5.92 Å². The molecule has 1 N–H and O–H groups in total. The van der Waals surface area contributed by atoms with Crippen LogP contribution >= 0.6 is 0 Å². The lowest BCUT2D eigenvalue weighted by molar-refractivity contribution is -0.141. The molecule has 1 heterocycles. The molecule has 0 aromatic carbocycles. The number of aromatic nitrogens is 4. The van der Waals surface area contributed by atoms with Gasteiger partial charge in [-0.05, 0) is 29.7 Å². The first-order chi connectivity index (χ1) is 8.18. The van der Waals surface area contributed by atoms with E-state index < -0.39 is 5.97 Å². The van der Waals surface area contributed by atoms with Gasteiger partial charge < -0.3 is 5.11 Å². The Balaban J connectivity index is 1.96. The van der Waals surface area contributed by atoms with Crippen molar-refractivity contribution < 1.29 is 9.90 Å². The van der Waals surface area contributed by atoms with Crippen molar-refractivity contribution >= 4 is 5.97 Å². The second-order valence-electron chi connectivity index (χ2n) is 4.77. The Morgan fingerprint density at radius 2 is 2.24 bits per heavy atom. The predicted octanol–water partition coefficient (Wildman–Crippen LogP) is 1.44. The molecule has 0 radical (unpaired) electrons. The van der Waals surface area contributed by atoms with E-state index in [1.54, 1.807) is 11.6 Å². The lowest BCUT2D eigenvalue weighted by Gasteiger charge is -2.10. The fraction of sp³-hybridized carbons (Fsp3) is 0.818. The fourth-order valence-electron chi connectivity index (χ4n) is 2.29. The zero-order valence-corrected chi connectivity index (χ0v) is 10.0. The lowest BCUT2D eigenvalue weighted by atomic mass is 10.1. The lowest BCUT2D eigenvalue weighted by Crippen LogP contribution is -2.15. The van der Waals surface area contributed by atoms with E-state index in [0.29, 0.717) is 18.9 Å². The summed E-state index contributed by atoms with van der Waals surface area (Å²) in [5, 5.41) is 20.6. The number of carboxylic acid groups (broad SMARTS) is 1. The quantitative estimate of drug-likeness (QED) is 0.839. The number of carboxylic acids is 1. The molecular weight excluding hydrogens is 220 g/mol. The number of aryl methyl sites for hydroxylation is 1. The fourth-order valence-corrected chi connectivity index (χ4v) is 2.29. The molecule has 1 unspecified atom stereocenters.